The predicted molar refractivity (Wildman–Crippen MR) is 88.9 cm³/mol. The zero-order chi connectivity index (χ0) is 14.4. The Morgan fingerprint density at radius 1 is 0.952 bits per heavy atom. The summed E-state index contributed by atoms with van der Waals surface area (Å²) in [5.41, 5.74) is 2.83. The molecule has 0 saturated carbocycles. The van der Waals surface area contributed by atoms with E-state index in [0.717, 1.165) is 32.2 Å². The van der Waals surface area contributed by atoms with E-state index in [1.54, 1.807) is 0 Å². The zero-order valence-electron chi connectivity index (χ0n) is 11.1. The Labute approximate surface area is 125 Å². The van der Waals surface area contributed by atoms with Gasteiger partial charge in [-0.1, -0.05) is 36.4 Å². The second-order valence-electron chi connectivity index (χ2n) is 4.98. The van der Waals surface area contributed by atoms with Crippen LogP contribution in [0.15, 0.2) is 54.6 Å². The zero-order valence-corrected chi connectivity index (χ0v) is 11.9. The molecule has 4 aromatic rings. The van der Waals surface area contributed by atoms with Crippen molar-refractivity contribution in [3.05, 3.63) is 54.6 Å². The van der Waals surface area contributed by atoms with Crippen LogP contribution in [0.2, 0.25) is 0 Å². The van der Waals surface area contributed by atoms with Crippen LogP contribution in [-0.4, -0.2) is 22.2 Å². The number of para-hydroxylation sites is 1. The van der Waals surface area contributed by atoms with Gasteiger partial charge in [0.05, 0.1) is 0 Å². The van der Waals surface area contributed by atoms with E-state index in [4.69, 9.17) is 0 Å². The van der Waals surface area contributed by atoms with Crippen LogP contribution in [0.1, 0.15) is 0 Å². The van der Waals surface area contributed by atoms with Crippen molar-refractivity contribution in [3.63, 3.8) is 0 Å². The third-order valence-electron chi connectivity index (χ3n) is 3.66. The number of aromatic amines is 1. The van der Waals surface area contributed by atoms with Crippen molar-refractivity contribution in [2.24, 2.45) is 0 Å². The van der Waals surface area contributed by atoms with Crippen molar-refractivity contribution in [2.45, 2.75) is 0 Å². The van der Waals surface area contributed by atoms with Gasteiger partial charge in [0.2, 0.25) is 0 Å². The Morgan fingerprint density at radius 3 is 2.52 bits per heavy atom. The number of hydrogen-bond donors (Lipinski definition) is 3. The summed E-state index contributed by atoms with van der Waals surface area (Å²) in [4.78, 5) is 3.37. The van der Waals surface area contributed by atoms with Gasteiger partial charge in [-0.25, -0.2) is 0 Å². The van der Waals surface area contributed by atoms with Gasteiger partial charge in [0.15, 0.2) is 0 Å². The Morgan fingerprint density at radius 2 is 1.71 bits per heavy atom. The lowest BCUT2D eigenvalue weighted by Crippen LogP contribution is -2.28. The monoisotopic (exact) mass is 293 g/mol. The van der Waals surface area contributed by atoms with Gasteiger partial charge >= 0.3 is 7.12 Å². The molecule has 3 nitrogen and oxygen atoms in total. The molecule has 0 radical (unpaired) electrons. The molecule has 4 rings (SSSR count). The number of hydrogen-bond acceptors (Lipinski definition) is 3. The highest BCUT2D eigenvalue weighted by Gasteiger charge is 2.23. The maximum atomic E-state index is 9.69. The van der Waals surface area contributed by atoms with Crippen LogP contribution in [0.3, 0.4) is 0 Å². The van der Waals surface area contributed by atoms with Crippen LogP contribution in [0, 0.1) is 0 Å². The molecule has 0 bridgehead atoms. The number of benzene rings is 2. The maximum Gasteiger partial charge on any atom is 0.499 e. The molecule has 0 aliphatic rings. The van der Waals surface area contributed by atoms with Crippen LogP contribution in [0.25, 0.3) is 32.2 Å². The van der Waals surface area contributed by atoms with Gasteiger partial charge in [-0.05, 0) is 18.2 Å². The Kier molecular flexibility index (Phi) is 2.85. The lowest BCUT2D eigenvalue weighted by Gasteiger charge is -2.01. The minimum atomic E-state index is -1.47. The number of nitrogens with one attached hydrogen (secondary N) is 1. The fraction of sp³-hybridized carbons (Fsp3) is 0. The standard InChI is InChI=1S/C16H12BNO2S/c19-17(20)16-15(11-6-2-4-8-14(11)21-16)13-9-10-5-1-3-7-12(10)18-13/h1-9,18-20H. The molecule has 0 atom stereocenters. The molecule has 3 N–H and O–H groups in total. The summed E-state index contributed by atoms with van der Waals surface area (Å²) in [5.74, 6) is 0. The Bertz CT molecular complexity index is 909. The number of thiophene rings is 1. The van der Waals surface area contributed by atoms with E-state index < -0.39 is 7.12 Å². The highest BCUT2D eigenvalue weighted by Crippen LogP contribution is 2.33. The highest BCUT2D eigenvalue weighted by molar-refractivity contribution is 7.28. The van der Waals surface area contributed by atoms with Crippen LogP contribution >= 0.6 is 11.3 Å². The van der Waals surface area contributed by atoms with Gasteiger partial charge in [0.25, 0.3) is 0 Å². The van der Waals surface area contributed by atoms with Gasteiger partial charge in [-0.3, -0.25) is 0 Å². The average Bonchev–Trinajstić information content (AvgIpc) is 3.07. The molecule has 2 aromatic heterocycles. The molecule has 5 heteroatoms. The summed E-state index contributed by atoms with van der Waals surface area (Å²) < 4.78 is 1.62. The summed E-state index contributed by atoms with van der Waals surface area (Å²) >= 11 is 1.42. The van der Waals surface area contributed by atoms with E-state index in [0.29, 0.717) is 4.78 Å². The summed E-state index contributed by atoms with van der Waals surface area (Å²) in [5, 5.41) is 21.5. The van der Waals surface area contributed by atoms with E-state index >= 15 is 0 Å². The van der Waals surface area contributed by atoms with Crippen LogP contribution in [0.5, 0.6) is 0 Å². The molecule has 102 valence electrons. The van der Waals surface area contributed by atoms with Crippen molar-refractivity contribution in [2.75, 3.05) is 0 Å². The SMILES string of the molecule is OB(O)c1sc2ccccc2c1-c1cc2ccccc2[nH]1. The third-order valence-corrected chi connectivity index (χ3v) is 4.87. The van der Waals surface area contributed by atoms with Gasteiger partial charge < -0.3 is 15.0 Å². The number of aromatic nitrogens is 1. The minimum Gasteiger partial charge on any atom is -0.423 e. The lowest BCUT2D eigenvalue weighted by molar-refractivity contribution is 0.427. The van der Waals surface area contributed by atoms with Gasteiger partial charge in [-0.15, -0.1) is 11.3 Å². The lowest BCUT2D eigenvalue weighted by atomic mass is 9.84. The fourth-order valence-corrected chi connectivity index (χ4v) is 3.82. The largest absolute Gasteiger partial charge is 0.499 e. The third kappa shape index (κ3) is 1.98. The molecular weight excluding hydrogens is 281 g/mol. The number of fused-ring (bicyclic) bond motifs is 2. The minimum absolute atomic E-state index is 0.572. The van der Waals surface area contributed by atoms with Crippen LogP contribution in [-0.2, 0) is 0 Å². The first-order valence-electron chi connectivity index (χ1n) is 6.70. The average molecular weight is 293 g/mol. The van der Waals surface area contributed by atoms with Gasteiger partial charge in [0, 0.05) is 37.0 Å². The molecule has 2 aromatic carbocycles. The summed E-state index contributed by atoms with van der Waals surface area (Å²) in [7, 11) is -1.47. The summed E-state index contributed by atoms with van der Waals surface area (Å²) in [6.07, 6.45) is 0. The van der Waals surface area contributed by atoms with E-state index in [2.05, 4.69) is 11.1 Å². The van der Waals surface area contributed by atoms with E-state index in [9.17, 15) is 10.0 Å². The van der Waals surface area contributed by atoms with Crippen molar-refractivity contribution in [1.82, 2.24) is 4.98 Å². The van der Waals surface area contributed by atoms with Gasteiger partial charge in [0.1, 0.15) is 0 Å². The molecular formula is C16H12BNO2S. The molecule has 21 heavy (non-hydrogen) atoms. The van der Waals surface area contributed by atoms with Crippen molar-refractivity contribution in [1.29, 1.82) is 0 Å². The van der Waals surface area contributed by atoms with E-state index in [-0.39, 0.29) is 0 Å². The molecule has 0 aliphatic carbocycles. The quantitative estimate of drug-likeness (QED) is 0.498. The second kappa shape index (κ2) is 4.74. The number of rotatable bonds is 2. The van der Waals surface area contributed by atoms with Gasteiger partial charge in [-0.2, -0.15) is 0 Å². The van der Waals surface area contributed by atoms with Crippen LogP contribution in [0.4, 0.5) is 0 Å². The molecule has 0 fully saturated rings. The molecule has 2 heterocycles. The first-order valence-corrected chi connectivity index (χ1v) is 7.51. The topological polar surface area (TPSA) is 56.2 Å². The van der Waals surface area contributed by atoms with Crippen molar-refractivity contribution in [3.8, 4) is 11.3 Å². The molecule has 0 spiro atoms. The maximum absolute atomic E-state index is 9.69. The smallest absolute Gasteiger partial charge is 0.423 e. The summed E-state index contributed by atoms with van der Waals surface area (Å²) in [6.45, 7) is 0. The van der Waals surface area contributed by atoms with Crippen LogP contribution < -0.4 is 4.78 Å². The number of H-pyrrole nitrogens is 1. The van der Waals surface area contributed by atoms with E-state index in [1.165, 1.54) is 11.3 Å². The molecule has 0 amide bonds. The first kappa shape index (κ1) is 12.6. The molecule has 0 saturated heterocycles. The first-order chi connectivity index (χ1) is 10.2. The normalized spacial score (nSPS) is 11.3. The fourth-order valence-electron chi connectivity index (χ4n) is 2.73. The van der Waals surface area contributed by atoms with E-state index in [1.807, 2.05) is 48.5 Å². The molecule has 0 unspecified atom stereocenters. The second-order valence-corrected chi connectivity index (χ2v) is 6.07. The van der Waals surface area contributed by atoms with Crippen molar-refractivity contribution < 1.29 is 10.0 Å². The van der Waals surface area contributed by atoms with Crippen molar-refractivity contribution >= 4 is 44.2 Å². The highest BCUT2D eigenvalue weighted by atomic mass is 32.1. The predicted octanol–water partition coefficient (Wildman–Crippen LogP) is 2.73. The Balaban J connectivity index is 2.06. The Hall–Kier alpha value is -2.08. The molecule has 0 aliphatic heterocycles. The summed E-state index contributed by atoms with van der Waals surface area (Å²) in [6, 6.07) is 18.0.